The van der Waals surface area contributed by atoms with Crippen molar-refractivity contribution in [3.63, 3.8) is 0 Å². The number of hydrogen-bond donors (Lipinski definition) is 1. The van der Waals surface area contributed by atoms with Gasteiger partial charge in [-0.15, -0.1) is 0 Å². The maximum absolute atomic E-state index is 11.3. The Bertz CT molecular complexity index is 532. The SMILES string of the molecule is CC1CCCN(c2ncc([N+](=O)[O-])cc2C(=O)O)CC1. The van der Waals surface area contributed by atoms with Gasteiger partial charge < -0.3 is 10.0 Å². The Balaban J connectivity index is 2.35. The lowest BCUT2D eigenvalue weighted by Crippen LogP contribution is -2.27. The number of aromatic carboxylic acids is 1. The van der Waals surface area contributed by atoms with Crippen molar-refractivity contribution in [2.45, 2.75) is 26.2 Å². The molecule has 1 aromatic heterocycles. The summed E-state index contributed by atoms with van der Waals surface area (Å²) in [6.45, 7) is 3.63. The third-order valence-corrected chi connectivity index (χ3v) is 3.61. The van der Waals surface area contributed by atoms with Crippen LogP contribution in [0.5, 0.6) is 0 Å². The number of nitrogens with zero attached hydrogens (tertiary/aromatic N) is 3. The van der Waals surface area contributed by atoms with Crippen molar-refractivity contribution < 1.29 is 14.8 Å². The fourth-order valence-electron chi connectivity index (χ4n) is 2.43. The standard InChI is InChI=1S/C13H17N3O4/c1-9-3-2-5-15(6-4-9)12-11(13(17)18)7-10(8-14-12)16(19)20/h7-9H,2-6H2,1H3,(H,17,18). The van der Waals surface area contributed by atoms with Gasteiger partial charge in [0.05, 0.1) is 4.92 Å². The van der Waals surface area contributed by atoms with Crippen LogP contribution in [-0.2, 0) is 0 Å². The molecule has 0 saturated carbocycles. The van der Waals surface area contributed by atoms with Crippen LogP contribution in [0.1, 0.15) is 36.5 Å². The first-order chi connectivity index (χ1) is 9.49. The highest BCUT2D eigenvalue weighted by Gasteiger charge is 2.23. The Morgan fingerprint density at radius 3 is 2.90 bits per heavy atom. The van der Waals surface area contributed by atoms with Crippen molar-refractivity contribution in [1.82, 2.24) is 4.98 Å². The normalized spacial score (nSPS) is 19.4. The summed E-state index contributed by atoms with van der Waals surface area (Å²) >= 11 is 0. The molecule has 1 fully saturated rings. The number of anilines is 1. The second-order valence-corrected chi connectivity index (χ2v) is 5.15. The van der Waals surface area contributed by atoms with Gasteiger partial charge in [0.25, 0.3) is 5.69 Å². The number of rotatable bonds is 3. The zero-order valence-corrected chi connectivity index (χ0v) is 11.3. The van der Waals surface area contributed by atoms with Gasteiger partial charge >= 0.3 is 5.97 Å². The minimum absolute atomic E-state index is 0.103. The molecule has 0 bridgehead atoms. The molecule has 2 rings (SSSR count). The second kappa shape index (κ2) is 5.85. The molecule has 1 unspecified atom stereocenters. The quantitative estimate of drug-likeness (QED) is 0.673. The van der Waals surface area contributed by atoms with Gasteiger partial charge in [0, 0.05) is 19.2 Å². The highest BCUT2D eigenvalue weighted by molar-refractivity contribution is 5.94. The maximum atomic E-state index is 11.3. The summed E-state index contributed by atoms with van der Waals surface area (Å²) in [5.74, 6) is -0.253. The molecule has 0 radical (unpaired) electrons. The molecular weight excluding hydrogens is 262 g/mol. The Hall–Kier alpha value is -2.18. The van der Waals surface area contributed by atoms with Gasteiger partial charge in [-0.05, 0) is 25.2 Å². The summed E-state index contributed by atoms with van der Waals surface area (Å²) in [5.41, 5.74) is -0.400. The fraction of sp³-hybridized carbons (Fsp3) is 0.538. The first-order valence-electron chi connectivity index (χ1n) is 6.61. The van der Waals surface area contributed by atoms with Crippen molar-refractivity contribution >= 4 is 17.5 Å². The molecule has 1 N–H and O–H groups in total. The molecule has 7 nitrogen and oxygen atoms in total. The van der Waals surface area contributed by atoms with Crippen LogP contribution in [0.15, 0.2) is 12.3 Å². The molecule has 0 aromatic carbocycles. The molecule has 0 spiro atoms. The number of pyridine rings is 1. The van der Waals surface area contributed by atoms with Crippen molar-refractivity contribution in [1.29, 1.82) is 0 Å². The molecule has 1 aliphatic rings. The topological polar surface area (TPSA) is 96.6 Å². The first-order valence-corrected chi connectivity index (χ1v) is 6.61. The summed E-state index contributed by atoms with van der Waals surface area (Å²) in [6, 6.07) is 1.08. The van der Waals surface area contributed by atoms with Gasteiger partial charge in [0.1, 0.15) is 17.6 Å². The maximum Gasteiger partial charge on any atom is 0.339 e. The molecule has 1 atom stereocenters. The number of carboxylic acids is 1. The Labute approximate surface area is 116 Å². The average molecular weight is 279 g/mol. The van der Waals surface area contributed by atoms with Crippen molar-refractivity contribution in [3.05, 3.63) is 27.9 Å². The van der Waals surface area contributed by atoms with E-state index >= 15 is 0 Å². The number of aromatic nitrogens is 1. The fourth-order valence-corrected chi connectivity index (χ4v) is 2.43. The summed E-state index contributed by atoms with van der Waals surface area (Å²) < 4.78 is 0. The van der Waals surface area contributed by atoms with E-state index in [9.17, 15) is 20.0 Å². The van der Waals surface area contributed by atoms with Crippen LogP contribution in [0.4, 0.5) is 11.5 Å². The molecule has 20 heavy (non-hydrogen) atoms. The van der Waals surface area contributed by atoms with Gasteiger partial charge in [-0.3, -0.25) is 10.1 Å². The van der Waals surface area contributed by atoms with Crippen LogP contribution in [0.2, 0.25) is 0 Å². The van der Waals surface area contributed by atoms with Crippen molar-refractivity contribution in [2.24, 2.45) is 5.92 Å². The van der Waals surface area contributed by atoms with E-state index < -0.39 is 10.9 Å². The van der Waals surface area contributed by atoms with E-state index in [1.54, 1.807) is 0 Å². The molecular formula is C13H17N3O4. The number of nitro groups is 1. The molecule has 108 valence electrons. The minimum atomic E-state index is -1.19. The summed E-state index contributed by atoms with van der Waals surface area (Å²) in [6.07, 6.45) is 4.17. The zero-order valence-electron chi connectivity index (χ0n) is 11.3. The van der Waals surface area contributed by atoms with Crippen LogP contribution in [0, 0.1) is 16.0 Å². The van der Waals surface area contributed by atoms with Crippen molar-refractivity contribution in [2.75, 3.05) is 18.0 Å². The third kappa shape index (κ3) is 3.04. The molecule has 1 aliphatic heterocycles. The number of carboxylic acid groups (broad SMARTS) is 1. The molecule has 0 aliphatic carbocycles. The Morgan fingerprint density at radius 2 is 2.25 bits per heavy atom. The molecule has 0 amide bonds. The average Bonchev–Trinajstić information content (AvgIpc) is 2.62. The summed E-state index contributed by atoms with van der Waals surface area (Å²) in [4.78, 5) is 27.3. The smallest absolute Gasteiger partial charge is 0.339 e. The lowest BCUT2D eigenvalue weighted by molar-refractivity contribution is -0.385. The van der Waals surface area contributed by atoms with E-state index in [0.29, 0.717) is 11.7 Å². The van der Waals surface area contributed by atoms with Crippen LogP contribution in [-0.4, -0.2) is 34.1 Å². The lowest BCUT2D eigenvalue weighted by atomic mass is 10.0. The molecule has 1 aromatic rings. The molecule has 7 heteroatoms. The van der Waals surface area contributed by atoms with Gasteiger partial charge in [0.2, 0.25) is 0 Å². The monoisotopic (exact) mass is 279 g/mol. The van der Waals surface area contributed by atoms with Crippen LogP contribution < -0.4 is 4.90 Å². The number of hydrogen-bond acceptors (Lipinski definition) is 5. The minimum Gasteiger partial charge on any atom is -0.478 e. The van der Waals surface area contributed by atoms with Gasteiger partial charge in [-0.1, -0.05) is 6.92 Å². The summed E-state index contributed by atoms with van der Waals surface area (Å²) in [7, 11) is 0. The van der Waals surface area contributed by atoms with Gasteiger partial charge in [0.15, 0.2) is 0 Å². The molecule has 2 heterocycles. The Kier molecular flexibility index (Phi) is 4.16. The van der Waals surface area contributed by atoms with Crippen LogP contribution in [0.3, 0.4) is 0 Å². The predicted molar refractivity (Wildman–Crippen MR) is 73.1 cm³/mol. The Morgan fingerprint density at radius 1 is 1.50 bits per heavy atom. The predicted octanol–water partition coefficient (Wildman–Crippen LogP) is 2.31. The van der Waals surface area contributed by atoms with Crippen molar-refractivity contribution in [3.8, 4) is 0 Å². The number of carbonyl (C=O) groups is 1. The van der Waals surface area contributed by atoms with E-state index in [4.69, 9.17) is 0 Å². The summed E-state index contributed by atoms with van der Waals surface area (Å²) in [5, 5.41) is 20.0. The first kappa shape index (κ1) is 14.2. The highest BCUT2D eigenvalue weighted by atomic mass is 16.6. The van der Waals surface area contributed by atoms with Crippen LogP contribution >= 0.6 is 0 Å². The third-order valence-electron chi connectivity index (χ3n) is 3.61. The van der Waals surface area contributed by atoms with Crippen LogP contribution in [0.25, 0.3) is 0 Å². The van der Waals surface area contributed by atoms with E-state index in [0.717, 1.165) is 44.6 Å². The van der Waals surface area contributed by atoms with E-state index in [1.807, 2.05) is 4.90 Å². The second-order valence-electron chi connectivity index (χ2n) is 5.15. The van der Waals surface area contributed by atoms with E-state index in [2.05, 4.69) is 11.9 Å². The molecule has 1 saturated heterocycles. The van der Waals surface area contributed by atoms with Gasteiger partial charge in [-0.25, -0.2) is 9.78 Å². The highest BCUT2D eigenvalue weighted by Crippen LogP contribution is 2.26. The lowest BCUT2D eigenvalue weighted by Gasteiger charge is -2.22. The largest absolute Gasteiger partial charge is 0.478 e. The van der Waals surface area contributed by atoms with Gasteiger partial charge in [-0.2, -0.15) is 0 Å². The zero-order chi connectivity index (χ0) is 14.7. The van der Waals surface area contributed by atoms with E-state index in [1.165, 1.54) is 0 Å². The van der Waals surface area contributed by atoms with E-state index in [-0.39, 0.29) is 11.3 Å².